The molecule has 2 aliphatic rings. The van der Waals surface area contributed by atoms with E-state index in [-0.39, 0.29) is 5.82 Å². The van der Waals surface area contributed by atoms with Crippen LogP contribution in [0.15, 0.2) is 53.2 Å². The van der Waals surface area contributed by atoms with E-state index in [1.54, 1.807) is 6.07 Å². The highest BCUT2D eigenvalue weighted by Crippen LogP contribution is 2.35. The van der Waals surface area contributed by atoms with Gasteiger partial charge in [0.25, 0.3) is 0 Å². The number of nitrogens with one attached hydrogen (secondary N) is 3. The number of aliphatic imine (C=N–C) groups is 1. The highest BCUT2D eigenvalue weighted by atomic mass is 35.5. The second-order valence-corrected chi connectivity index (χ2v) is 10.8. The topological polar surface area (TPSA) is 65.5 Å². The van der Waals surface area contributed by atoms with Crippen LogP contribution >= 0.6 is 11.6 Å². The Balaban J connectivity index is 0.00000105. The molecule has 0 aromatic heterocycles. The van der Waals surface area contributed by atoms with Crippen LogP contribution in [0, 0.1) is 12.7 Å². The van der Waals surface area contributed by atoms with Crippen molar-refractivity contribution in [1.82, 2.24) is 10.6 Å². The van der Waals surface area contributed by atoms with E-state index >= 15 is 0 Å². The lowest BCUT2D eigenvalue weighted by atomic mass is 10.00. The first-order valence-electron chi connectivity index (χ1n) is 16.1. The molecule has 5 nitrogen and oxygen atoms in total. The van der Waals surface area contributed by atoms with E-state index in [4.69, 9.17) is 16.6 Å². The summed E-state index contributed by atoms with van der Waals surface area (Å²) >= 11 is 6.65. The van der Waals surface area contributed by atoms with Crippen molar-refractivity contribution in [2.75, 3.05) is 11.9 Å². The zero-order valence-electron chi connectivity index (χ0n) is 27.7. The summed E-state index contributed by atoms with van der Waals surface area (Å²) in [5.74, 6) is 0.400. The van der Waals surface area contributed by atoms with Crippen LogP contribution in [0.5, 0.6) is 0 Å². The molecule has 0 saturated carbocycles. The first-order valence-corrected chi connectivity index (χ1v) is 16.4. The second-order valence-electron chi connectivity index (χ2n) is 10.5. The summed E-state index contributed by atoms with van der Waals surface area (Å²) < 4.78 is 14.6. The largest absolute Gasteiger partial charge is 0.382 e. The van der Waals surface area contributed by atoms with Gasteiger partial charge in [-0.3, -0.25) is 4.79 Å². The van der Waals surface area contributed by atoms with E-state index < -0.39 is 6.17 Å². The lowest BCUT2D eigenvalue weighted by molar-refractivity contribution is 0.112. The maximum atomic E-state index is 14.6. The molecule has 238 valence electrons. The van der Waals surface area contributed by atoms with Crippen LogP contribution in [0.3, 0.4) is 0 Å². The van der Waals surface area contributed by atoms with Crippen molar-refractivity contribution in [3.8, 4) is 0 Å². The first-order chi connectivity index (χ1) is 20.8. The molecule has 0 amide bonds. The number of hydrogen-bond donors (Lipinski definition) is 3. The predicted molar refractivity (Wildman–Crippen MR) is 186 cm³/mol. The van der Waals surface area contributed by atoms with Crippen molar-refractivity contribution in [3.63, 3.8) is 0 Å². The Morgan fingerprint density at radius 3 is 2.35 bits per heavy atom. The molecule has 7 heteroatoms. The van der Waals surface area contributed by atoms with Gasteiger partial charge in [0, 0.05) is 40.2 Å². The highest BCUT2D eigenvalue weighted by Gasteiger charge is 2.28. The Labute approximate surface area is 265 Å². The standard InChI is InChI=1S/C28H32ClFN4O.2C3H8.C2H6/c1-4-15-31-26-19(10-8-11-23(26)30)18(3)32-27-20-9-6-5-7-12-24(20)33-28(34-27)21-14-13-17(2)22(16-35)25(21)29;2*1-3-2;1-2/h8,10-11,13-14,16,28,31,33H,3-7,9,12,15H2,1-2H3,(H,32,34);2*3H2,1-2H3;1-2H3. The molecular weight excluding hydrogens is 559 g/mol. The number of amidine groups is 1. The van der Waals surface area contributed by atoms with Gasteiger partial charge in [-0.2, -0.15) is 0 Å². The smallest absolute Gasteiger partial charge is 0.151 e. The molecule has 1 heterocycles. The number of rotatable bonds is 7. The number of anilines is 1. The minimum Gasteiger partial charge on any atom is -0.382 e. The van der Waals surface area contributed by atoms with Crippen LogP contribution in [-0.2, 0) is 0 Å². The monoisotopic (exact) mass is 612 g/mol. The molecule has 0 bridgehead atoms. The van der Waals surface area contributed by atoms with Crippen LogP contribution in [-0.4, -0.2) is 18.7 Å². The van der Waals surface area contributed by atoms with Gasteiger partial charge in [-0.05, 0) is 50.7 Å². The van der Waals surface area contributed by atoms with Gasteiger partial charge in [-0.15, -0.1) is 0 Å². The molecule has 1 aliphatic carbocycles. The minimum atomic E-state index is -0.445. The van der Waals surface area contributed by atoms with Crippen LogP contribution in [0.25, 0.3) is 5.70 Å². The van der Waals surface area contributed by atoms with E-state index in [2.05, 4.69) is 50.2 Å². The normalized spacial score (nSPS) is 15.3. The summed E-state index contributed by atoms with van der Waals surface area (Å²) in [5.41, 5.74) is 5.98. The molecule has 1 atom stereocenters. The molecular formula is C36H54ClFN4O. The number of hydrogen-bond acceptors (Lipinski definition) is 5. The Bertz CT molecular complexity index is 1240. The third-order valence-electron chi connectivity index (χ3n) is 6.57. The van der Waals surface area contributed by atoms with Gasteiger partial charge in [-0.1, -0.05) is 110 Å². The van der Waals surface area contributed by atoms with Crippen LogP contribution in [0.2, 0.25) is 5.02 Å². The van der Waals surface area contributed by atoms with Crippen molar-refractivity contribution >= 4 is 35.1 Å². The number of carbonyl (C=O) groups excluding carboxylic acids is 1. The number of aldehydes is 1. The number of carbonyl (C=O) groups is 1. The van der Waals surface area contributed by atoms with Crippen LogP contribution < -0.4 is 16.0 Å². The molecule has 1 unspecified atom stereocenters. The van der Waals surface area contributed by atoms with Gasteiger partial charge in [0.05, 0.1) is 10.7 Å². The number of allylic oxidation sites excluding steroid dienone is 1. The van der Waals surface area contributed by atoms with Gasteiger partial charge in [0.2, 0.25) is 0 Å². The third-order valence-corrected chi connectivity index (χ3v) is 6.99. The molecule has 0 spiro atoms. The summed E-state index contributed by atoms with van der Waals surface area (Å²) in [7, 11) is 0. The zero-order chi connectivity index (χ0) is 32.4. The lowest BCUT2D eigenvalue weighted by Crippen LogP contribution is -2.35. The quantitative estimate of drug-likeness (QED) is 0.272. The number of benzene rings is 2. The summed E-state index contributed by atoms with van der Waals surface area (Å²) in [6, 6.07) is 8.79. The molecule has 4 rings (SSSR count). The molecule has 0 radical (unpaired) electrons. The second kappa shape index (κ2) is 20.7. The zero-order valence-corrected chi connectivity index (χ0v) is 28.5. The fourth-order valence-electron chi connectivity index (χ4n) is 4.64. The number of nitrogens with zero attached hydrogens (tertiary/aromatic N) is 1. The van der Waals surface area contributed by atoms with Gasteiger partial charge < -0.3 is 16.0 Å². The maximum Gasteiger partial charge on any atom is 0.151 e. The average molecular weight is 613 g/mol. The SMILES string of the molecule is C=C(NC1=NC(c2ccc(C)c(C=O)c2Cl)NC2=C1CCCCC2)c1cccc(F)c1NCCC.CC.CCC.CCC. The lowest BCUT2D eigenvalue weighted by Gasteiger charge is -2.30. The fourth-order valence-corrected chi connectivity index (χ4v) is 5.00. The number of halogens is 2. The molecule has 2 aromatic rings. The van der Waals surface area contributed by atoms with Crippen LogP contribution in [0.4, 0.5) is 10.1 Å². The van der Waals surface area contributed by atoms with Crippen molar-refractivity contribution < 1.29 is 9.18 Å². The first kappa shape index (κ1) is 37.9. The summed E-state index contributed by atoms with van der Waals surface area (Å²) in [4.78, 5) is 16.6. The maximum absolute atomic E-state index is 14.6. The van der Waals surface area contributed by atoms with E-state index in [9.17, 15) is 9.18 Å². The Morgan fingerprint density at radius 1 is 1.07 bits per heavy atom. The van der Waals surface area contributed by atoms with Gasteiger partial charge in [0.15, 0.2) is 6.29 Å². The summed E-state index contributed by atoms with van der Waals surface area (Å²) in [6.07, 6.45) is 8.82. The highest BCUT2D eigenvalue weighted by molar-refractivity contribution is 6.34. The summed E-state index contributed by atoms with van der Waals surface area (Å²) in [6.45, 7) is 21.3. The van der Waals surface area contributed by atoms with E-state index in [1.165, 1.54) is 18.9 Å². The Kier molecular flexibility index (Phi) is 18.3. The third kappa shape index (κ3) is 10.8. The molecule has 2 aromatic carbocycles. The molecule has 0 saturated heterocycles. The Morgan fingerprint density at radius 2 is 1.72 bits per heavy atom. The fraction of sp³-hybridized carbons (Fsp3) is 0.500. The van der Waals surface area contributed by atoms with Crippen molar-refractivity contribution in [2.45, 2.75) is 113 Å². The van der Waals surface area contributed by atoms with Gasteiger partial charge in [-0.25, -0.2) is 9.38 Å². The van der Waals surface area contributed by atoms with E-state index in [0.29, 0.717) is 39.9 Å². The molecule has 0 fully saturated rings. The van der Waals surface area contributed by atoms with Crippen molar-refractivity contribution in [1.29, 1.82) is 0 Å². The molecule has 43 heavy (non-hydrogen) atoms. The summed E-state index contributed by atoms with van der Waals surface area (Å²) in [5, 5.41) is 10.6. The van der Waals surface area contributed by atoms with Crippen molar-refractivity contribution in [2.24, 2.45) is 4.99 Å². The van der Waals surface area contributed by atoms with Crippen molar-refractivity contribution in [3.05, 3.63) is 81.3 Å². The van der Waals surface area contributed by atoms with E-state index in [0.717, 1.165) is 67.2 Å². The van der Waals surface area contributed by atoms with E-state index in [1.807, 2.05) is 45.9 Å². The average Bonchev–Trinajstić information content (AvgIpc) is 3.24. The van der Waals surface area contributed by atoms with Gasteiger partial charge in [0.1, 0.15) is 17.8 Å². The Hall–Kier alpha value is -3.12. The predicted octanol–water partition coefficient (Wildman–Crippen LogP) is 10.8. The van der Waals surface area contributed by atoms with Crippen LogP contribution in [0.1, 0.15) is 133 Å². The molecule has 3 N–H and O–H groups in total. The number of aryl methyl sites for hydroxylation is 1. The number of para-hydroxylation sites is 1. The minimum absolute atomic E-state index is 0.314. The molecule has 1 aliphatic heterocycles. The van der Waals surface area contributed by atoms with Gasteiger partial charge >= 0.3 is 0 Å².